The summed E-state index contributed by atoms with van der Waals surface area (Å²) in [6.45, 7) is 0.955. The van der Waals surface area contributed by atoms with Crippen molar-refractivity contribution < 1.29 is 22.4 Å². The zero-order valence-corrected chi connectivity index (χ0v) is 24.2. The minimum absolute atomic E-state index is 0.0330. The number of benzene rings is 3. The highest BCUT2D eigenvalue weighted by molar-refractivity contribution is 7.92. The number of halogens is 3. The van der Waals surface area contributed by atoms with E-state index in [0.717, 1.165) is 54.3 Å². The van der Waals surface area contributed by atoms with E-state index in [-0.39, 0.29) is 29.1 Å². The van der Waals surface area contributed by atoms with Gasteiger partial charge in [0.05, 0.1) is 10.6 Å². The van der Waals surface area contributed by atoms with E-state index >= 15 is 0 Å². The zero-order valence-electron chi connectivity index (χ0n) is 21.9. The van der Waals surface area contributed by atoms with Crippen molar-refractivity contribution in [1.82, 2.24) is 10.2 Å². The molecule has 0 radical (unpaired) electrons. The standard InChI is InChI=1S/C29H30Cl2FN3O4S/c1-20(29(37)33-24-7-5-6-8-24)34(18-21-11-12-22(30)17-27(21)31)28(36)19-35(25-9-3-2-4-10-25)40(38,39)26-15-13-23(32)14-16-26/h2-4,9-17,20,24H,5-8,18-19H2,1H3,(H,33,37)/t20-/m0/s1. The molecule has 1 fully saturated rings. The van der Waals surface area contributed by atoms with E-state index in [9.17, 15) is 22.4 Å². The predicted molar refractivity (Wildman–Crippen MR) is 154 cm³/mol. The molecule has 212 valence electrons. The molecule has 0 aromatic heterocycles. The van der Waals surface area contributed by atoms with Gasteiger partial charge in [0, 0.05) is 22.6 Å². The summed E-state index contributed by atoms with van der Waals surface area (Å²) in [5, 5.41) is 3.74. The Balaban J connectivity index is 1.68. The normalized spacial score (nSPS) is 14.5. The van der Waals surface area contributed by atoms with Crippen LogP contribution in [0.2, 0.25) is 10.0 Å². The van der Waals surface area contributed by atoms with E-state index in [2.05, 4.69) is 5.32 Å². The molecule has 4 rings (SSSR count). The average molecular weight is 607 g/mol. The lowest BCUT2D eigenvalue weighted by Crippen LogP contribution is -2.52. The molecule has 1 atom stereocenters. The number of rotatable bonds is 10. The molecule has 3 aromatic carbocycles. The lowest BCUT2D eigenvalue weighted by molar-refractivity contribution is -0.139. The SMILES string of the molecule is C[C@@H](C(=O)NC1CCCC1)N(Cc1ccc(Cl)cc1Cl)C(=O)CN(c1ccccc1)S(=O)(=O)c1ccc(F)cc1. The van der Waals surface area contributed by atoms with E-state index in [1.54, 1.807) is 55.5 Å². The molecule has 3 aromatic rings. The van der Waals surface area contributed by atoms with Crippen molar-refractivity contribution in [3.8, 4) is 0 Å². The van der Waals surface area contributed by atoms with E-state index in [0.29, 0.717) is 15.6 Å². The van der Waals surface area contributed by atoms with Crippen LogP contribution in [0.3, 0.4) is 0 Å². The Morgan fingerprint density at radius 2 is 1.65 bits per heavy atom. The van der Waals surface area contributed by atoms with Crippen LogP contribution < -0.4 is 9.62 Å². The van der Waals surface area contributed by atoms with Crippen LogP contribution in [0, 0.1) is 5.82 Å². The Hall–Kier alpha value is -3.14. The highest BCUT2D eigenvalue weighted by Gasteiger charge is 2.33. The molecule has 7 nitrogen and oxygen atoms in total. The number of carbonyl (C=O) groups is 2. The molecule has 1 saturated carbocycles. The largest absolute Gasteiger partial charge is 0.352 e. The summed E-state index contributed by atoms with van der Waals surface area (Å²) in [5.41, 5.74) is 0.792. The first-order valence-electron chi connectivity index (χ1n) is 12.9. The third-order valence-electron chi connectivity index (χ3n) is 6.95. The minimum Gasteiger partial charge on any atom is -0.352 e. The molecule has 0 unspecified atom stereocenters. The lowest BCUT2D eigenvalue weighted by atomic mass is 10.1. The number of hydrogen-bond acceptors (Lipinski definition) is 4. The first-order chi connectivity index (χ1) is 19.1. The number of nitrogens with zero attached hydrogens (tertiary/aromatic N) is 2. The average Bonchev–Trinajstić information content (AvgIpc) is 3.44. The summed E-state index contributed by atoms with van der Waals surface area (Å²) in [5.74, 6) is -1.54. The van der Waals surface area contributed by atoms with Crippen LogP contribution in [-0.4, -0.2) is 43.8 Å². The number of nitrogens with one attached hydrogen (secondary N) is 1. The van der Waals surface area contributed by atoms with Crippen molar-refractivity contribution in [3.63, 3.8) is 0 Å². The molecule has 0 spiro atoms. The van der Waals surface area contributed by atoms with Gasteiger partial charge in [0.15, 0.2) is 0 Å². The maximum atomic E-state index is 13.9. The fraction of sp³-hybridized carbons (Fsp3) is 0.310. The van der Waals surface area contributed by atoms with Crippen LogP contribution in [0.1, 0.15) is 38.2 Å². The van der Waals surface area contributed by atoms with Crippen LogP contribution in [-0.2, 0) is 26.2 Å². The maximum absolute atomic E-state index is 13.9. The highest BCUT2D eigenvalue weighted by Crippen LogP contribution is 2.27. The van der Waals surface area contributed by atoms with Crippen molar-refractivity contribution >= 4 is 50.7 Å². The fourth-order valence-electron chi connectivity index (χ4n) is 4.66. The highest BCUT2D eigenvalue weighted by atomic mass is 35.5. The molecule has 11 heteroatoms. The van der Waals surface area contributed by atoms with Gasteiger partial charge >= 0.3 is 0 Å². The Morgan fingerprint density at radius 3 is 2.27 bits per heavy atom. The maximum Gasteiger partial charge on any atom is 0.264 e. The minimum atomic E-state index is -4.28. The summed E-state index contributed by atoms with van der Waals surface area (Å²) in [6, 6.07) is 16.5. The van der Waals surface area contributed by atoms with Gasteiger partial charge in [-0.3, -0.25) is 13.9 Å². The van der Waals surface area contributed by atoms with Gasteiger partial charge in [-0.15, -0.1) is 0 Å². The molecule has 2 amide bonds. The number of anilines is 1. The molecule has 0 bridgehead atoms. The van der Waals surface area contributed by atoms with Gasteiger partial charge in [-0.1, -0.05) is 60.3 Å². The van der Waals surface area contributed by atoms with E-state index < -0.39 is 34.3 Å². The van der Waals surface area contributed by atoms with Crippen LogP contribution in [0.4, 0.5) is 10.1 Å². The van der Waals surface area contributed by atoms with Crippen LogP contribution in [0.25, 0.3) is 0 Å². The summed E-state index contributed by atoms with van der Waals surface area (Å²) >= 11 is 12.5. The number of amides is 2. The van der Waals surface area contributed by atoms with Crippen LogP contribution in [0.5, 0.6) is 0 Å². The Bertz CT molecular complexity index is 1450. The number of para-hydroxylation sites is 1. The zero-order chi connectivity index (χ0) is 28.9. The smallest absolute Gasteiger partial charge is 0.264 e. The second kappa shape index (κ2) is 13.0. The first-order valence-corrected chi connectivity index (χ1v) is 15.1. The topological polar surface area (TPSA) is 86.8 Å². The number of hydrogen-bond donors (Lipinski definition) is 1. The van der Waals surface area contributed by atoms with Crippen molar-refractivity contribution in [2.24, 2.45) is 0 Å². The molecular formula is C29H30Cl2FN3O4S. The quantitative estimate of drug-likeness (QED) is 0.316. The molecular weight excluding hydrogens is 576 g/mol. The molecule has 0 saturated heterocycles. The van der Waals surface area contributed by atoms with Gasteiger partial charge in [-0.25, -0.2) is 12.8 Å². The van der Waals surface area contributed by atoms with E-state index in [1.165, 1.54) is 4.90 Å². The summed E-state index contributed by atoms with van der Waals surface area (Å²) in [4.78, 5) is 28.3. The van der Waals surface area contributed by atoms with Crippen molar-refractivity contribution in [2.75, 3.05) is 10.8 Å². The fourth-order valence-corrected chi connectivity index (χ4v) is 6.55. The van der Waals surface area contributed by atoms with Crippen LogP contribution in [0.15, 0.2) is 77.7 Å². The van der Waals surface area contributed by atoms with Gasteiger partial charge in [-0.05, 0) is 73.9 Å². The second-order valence-corrected chi connectivity index (χ2v) is 12.4. The summed E-state index contributed by atoms with van der Waals surface area (Å²) in [6.07, 6.45) is 3.78. The van der Waals surface area contributed by atoms with Gasteiger partial charge in [-0.2, -0.15) is 0 Å². The van der Waals surface area contributed by atoms with Crippen molar-refractivity contribution in [3.05, 3.63) is 94.2 Å². The van der Waals surface area contributed by atoms with Crippen molar-refractivity contribution in [1.29, 1.82) is 0 Å². The molecule has 0 heterocycles. The van der Waals surface area contributed by atoms with Gasteiger partial charge in [0.1, 0.15) is 18.4 Å². The number of sulfonamides is 1. The predicted octanol–water partition coefficient (Wildman–Crippen LogP) is 5.80. The summed E-state index contributed by atoms with van der Waals surface area (Å²) < 4.78 is 41.9. The first kappa shape index (κ1) is 29.8. The Labute approximate surface area is 243 Å². The number of carbonyl (C=O) groups excluding carboxylic acids is 2. The van der Waals surface area contributed by atoms with E-state index in [4.69, 9.17) is 23.2 Å². The molecule has 0 aliphatic heterocycles. The molecule has 40 heavy (non-hydrogen) atoms. The summed E-state index contributed by atoms with van der Waals surface area (Å²) in [7, 11) is -4.28. The van der Waals surface area contributed by atoms with Gasteiger partial charge in [0.25, 0.3) is 10.0 Å². The Morgan fingerprint density at radius 1 is 1.00 bits per heavy atom. The van der Waals surface area contributed by atoms with Gasteiger partial charge < -0.3 is 10.2 Å². The van der Waals surface area contributed by atoms with Crippen LogP contribution >= 0.6 is 23.2 Å². The second-order valence-electron chi connectivity index (χ2n) is 9.72. The third kappa shape index (κ3) is 7.13. The van der Waals surface area contributed by atoms with Crippen molar-refractivity contribution in [2.45, 2.75) is 56.1 Å². The molecule has 1 aliphatic carbocycles. The Kier molecular flexibility index (Phi) is 9.71. The monoisotopic (exact) mass is 605 g/mol. The lowest BCUT2D eigenvalue weighted by Gasteiger charge is -2.32. The van der Waals surface area contributed by atoms with E-state index in [1.807, 2.05) is 0 Å². The van der Waals surface area contributed by atoms with Gasteiger partial charge in [0.2, 0.25) is 11.8 Å². The third-order valence-corrected chi connectivity index (χ3v) is 9.32. The molecule has 1 N–H and O–H groups in total. The molecule has 1 aliphatic rings.